The molecule has 1 aromatic heterocycles. The van der Waals surface area contributed by atoms with E-state index in [0.717, 1.165) is 5.56 Å². The van der Waals surface area contributed by atoms with Crippen LogP contribution >= 0.6 is 11.3 Å². The Labute approximate surface area is 130 Å². The highest BCUT2D eigenvalue weighted by atomic mass is 32.2. The summed E-state index contributed by atoms with van der Waals surface area (Å²) in [6.45, 7) is 2.74. The third kappa shape index (κ3) is 3.91. The number of nitrogens with zero attached hydrogens (tertiary/aromatic N) is 1. The van der Waals surface area contributed by atoms with Crippen LogP contribution in [-0.2, 0) is 16.6 Å². The summed E-state index contributed by atoms with van der Waals surface area (Å²) in [6.07, 6.45) is 0. The summed E-state index contributed by atoms with van der Waals surface area (Å²) >= 11 is 1.71. The maximum absolute atomic E-state index is 12.1. The van der Waals surface area contributed by atoms with E-state index in [2.05, 4.69) is 23.7 Å². The maximum atomic E-state index is 12.1. The van der Waals surface area contributed by atoms with E-state index in [1.54, 1.807) is 43.6 Å². The molecule has 0 amide bonds. The summed E-state index contributed by atoms with van der Waals surface area (Å²) in [7, 11) is -0.292. The molecule has 0 saturated carbocycles. The fourth-order valence-corrected chi connectivity index (χ4v) is 3.67. The molecule has 1 heterocycles. The average molecular weight is 324 g/mol. The lowest BCUT2D eigenvalue weighted by molar-refractivity contribution is 0.520. The molecule has 1 aromatic carbocycles. The number of sulfonamides is 1. The van der Waals surface area contributed by atoms with E-state index in [9.17, 15) is 8.42 Å². The second-order valence-electron chi connectivity index (χ2n) is 5.05. The first-order valence-electron chi connectivity index (χ1n) is 6.69. The highest BCUT2D eigenvalue weighted by Crippen LogP contribution is 2.19. The smallest absolute Gasteiger partial charge is 0.242 e. The van der Waals surface area contributed by atoms with Gasteiger partial charge in [0.25, 0.3) is 0 Å². The first kappa shape index (κ1) is 16.2. The maximum Gasteiger partial charge on any atom is 0.242 e. The SMILES string of the molecule is CC(NCc1cccc(S(=O)(=O)N(C)C)c1)c1cccs1. The Bertz CT molecular complexity index is 679. The fraction of sp³-hybridized carbons (Fsp3) is 0.333. The minimum absolute atomic E-state index is 0.249. The van der Waals surface area contributed by atoms with Crippen molar-refractivity contribution in [1.29, 1.82) is 0 Å². The molecule has 0 radical (unpaired) electrons. The van der Waals surface area contributed by atoms with Crippen LogP contribution in [0.25, 0.3) is 0 Å². The van der Waals surface area contributed by atoms with E-state index in [1.165, 1.54) is 9.18 Å². The number of nitrogens with one attached hydrogen (secondary N) is 1. The van der Waals surface area contributed by atoms with Crippen molar-refractivity contribution in [3.05, 3.63) is 52.2 Å². The highest BCUT2D eigenvalue weighted by molar-refractivity contribution is 7.89. The minimum Gasteiger partial charge on any atom is -0.305 e. The predicted molar refractivity (Wildman–Crippen MR) is 86.9 cm³/mol. The molecule has 1 N–H and O–H groups in total. The van der Waals surface area contributed by atoms with Crippen molar-refractivity contribution >= 4 is 21.4 Å². The highest BCUT2D eigenvalue weighted by Gasteiger charge is 2.17. The predicted octanol–water partition coefficient (Wildman–Crippen LogP) is 2.85. The van der Waals surface area contributed by atoms with E-state index in [4.69, 9.17) is 0 Å². The van der Waals surface area contributed by atoms with E-state index in [1.807, 2.05) is 12.1 Å². The Balaban J connectivity index is 2.08. The molecule has 114 valence electrons. The van der Waals surface area contributed by atoms with Crippen molar-refractivity contribution in [1.82, 2.24) is 9.62 Å². The van der Waals surface area contributed by atoms with E-state index < -0.39 is 10.0 Å². The third-order valence-corrected chi connectivity index (χ3v) is 6.13. The molecule has 0 fully saturated rings. The Kier molecular flexibility index (Phi) is 5.16. The Hall–Kier alpha value is -1.21. The van der Waals surface area contributed by atoms with Crippen LogP contribution < -0.4 is 5.32 Å². The zero-order valence-corrected chi connectivity index (χ0v) is 14.0. The van der Waals surface area contributed by atoms with Crippen LogP contribution in [0.3, 0.4) is 0 Å². The van der Waals surface area contributed by atoms with Crippen LogP contribution in [0, 0.1) is 0 Å². The molecule has 0 aliphatic carbocycles. The van der Waals surface area contributed by atoms with Gasteiger partial charge in [-0.05, 0) is 36.1 Å². The standard InChI is InChI=1S/C15H20N2O2S2/c1-12(15-8-5-9-20-15)16-11-13-6-4-7-14(10-13)21(18,19)17(2)3/h4-10,12,16H,11H2,1-3H3. The van der Waals surface area contributed by atoms with Gasteiger partial charge in [-0.1, -0.05) is 18.2 Å². The van der Waals surface area contributed by atoms with Gasteiger partial charge in [0.1, 0.15) is 0 Å². The van der Waals surface area contributed by atoms with Crippen molar-refractivity contribution in [3.8, 4) is 0 Å². The molecule has 0 spiro atoms. The van der Waals surface area contributed by atoms with Gasteiger partial charge in [0, 0.05) is 31.6 Å². The van der Waals surface area contributed by atoms with Gasteiger partial charge in [0.05, 0.1) is 4.90 Å². The topological polar surface area (TPSA) is 49.4 Å². The molecule has 1 unspecified atom stereocenters. The van der Waals surface area contributed by atoms with Crippen LogP contribution in [0.1, 0.15) is 23.4 Å². The van der Waals surface area contributed by atoms with Gasteiger partial charge in [-0.3, -0.25) is 0 Å². The Morgan fingerprint density at radius 1 is 1.24 bits per heavy atom. The van der Waals surface area contributed by atoms with Crippen molar-refractivity contribution in [3.63, 3.8) is 0 Å². The summed E-state index contributed by atoms with van der Waals surface area (Å²) in [5, 5.41) is 5.46. The van der Waals surface area contributed by atoms with Crippen molar-refractivity contribution in [2.45, 2.75) is 24.4 Å². The Morgan fingerprint density at radius 2 is 2.00 bits per heavy atom. The largest absolute Gasteiger partial charge is 0.305 e. The molecule has 0 saturated heterocycles. The van der Waals surface area contributed by atoms with Crippen molar-refractivity contribution < 1.29 is 8.42 Å². The van der Waals surface area contributed by atoms with Crippen LogP contribution in [0.5, 0.6) is 0 Å². The number of benzene rings is 1. The number of hydrogen-bond donors (Lipinski definition) is 1. The molecule has 2 aromatic rings. The van der Waals surface area contributed by atoms with Crippen LogP contribution in [-0.4, -0.2) is 26.8 Å². The molecule has 0 bridgehead atoms. The molecular weight excluding hydrogens is 304 g/mol. The lowest BCUT2D eigenvalue weighted by atomic mass is 10.2. The van der Waals surface area contributed by atoms with E-state index in [-0.39, 0.29) is 6.04 Å². The number of hydrogen-bond acceptors (Lipinski definition) is 4. The van der Waals surface area contributed by atoms with Crippen LogP contribution in [0.15, 0.2) is 46.7 Å². The number of rotatable bonds is 6. The normalized spacial score (nSPS) is 13.5. The van der Waals surface area contributed by atoms with Gasteiger partial charge < -0.3 is 5.32 Å². The summed E-state index contributed by atoms with van der Waals surface area (Å²) in [5.41, 5.74) is 0.960. The van der Waals surface area contributed by atoms with E-state index in [0.29, 0.717) is 11.4 Å². The molecular formula is C15H20N2O2S2. The van der Waals surface area contributed by atoms with Gasteiger partial charge in [0.2, 0.25) is 10.0 Å². The van der Waals surface area contributed by atoms with Crippen molar-refractivity contribution in [2.24, 2.45) is 0 Å². The van der Waals surface area contributed by atoms with Gasteiger partial charge in [0.15, 0.2) is 0 Å². The first-order valence-corrected chi connectivity index (χ1v) is 9.01. The van der Waals surface area contributed by atoms with E-state index >= 15 is 0 Å². The lowest BCUT2D eigenvalue weighted by Crippen LogP contribution is -2.22. The zero-order valence-electron chi connectivity index (χ0n) is 12.4. The summed E-state index contributed by atoms with van der Waals surface area (Å²) in [6, 6.07) is 11.4. The lowest BCUT2D eigenvalue weighted by Gasteiger charge is -2.14. The zero-order chi connectivity index (χ0) is 15.5. The second kappa shape index (κ2) is 6.70. The first-order chi connectivity index (χ1) is 9.91. The monoisotopic (exact) mass is 324 g/mol. The summed E-state index contributed by atoms with van der Waals surface area (Å²) in [5.74, 6) is 0. The van der Waals surface area contributed by atoms with Gasteiger partial charge in [-0.15, -0.1) is 11.3 Å². The summed E-state index contributed by atoms with van der Waals surface area (Å²) < 4.78 is 25.5. The number of thiophene rings is 1. The molecule has 21 heavy (non-hydrogen) atoms. The molecule has 0 aliphatic heterocycles. The van der Waals surface area contributed by atoms with Gasteiger partial charge in [-0.2, -0.15) is 0 Å². The van der Waals surface area contributed by atoms with Gasteiger partial charge >= 0.3 is 0 Å². The average Bonchev–Trinajstić information content (AvgIpc) is 2.99. The molecule has 2 rings (SSSR count). The second-order valence-corrected chi connectivity index (χ2v) is 8.18. The minimum atomic E-state index is -3.37. The summed E-state index contributed by atoms with van der Waals surface area (Å²) in [4.78, 5) is 1.60. The third-order valence-electron chi connectivity index (χ3n) is 3.26. The molecule has 1 atom stereocenters. The quantitative estimate of drug-likeness (QED) is 0.889. The molecule has 6 heteroatoms. The van der Waals surface area contributed by atoms with Gasteiger partial charge in [-0.25, -0.2) is 12.7 Å². The molecule has 0 aliphatic rings. The fourth-order valence-electron chi connectivity index (χ4n) is 1.94. The van der Waals surface area contributed by atoms with Crippen LogP contribution in [0.4, 0.5) is 0 Å². The van der Waals surface area contributed by atoms with Crippen LogP contribution in [0.2, 0.25) is 0 Å². The molecule has 4 nitrogen and oxygen atoms in total. The Morgan fingerprint density at radius 3 is 2.62 bits per heavy atom. The van der Waals surface area contributed by atoms with Crippen molar-refractivity contribution in [2.75, 3.05) is 14.1 Å².